The maximum Gasteiger partial charge on any atom is 0.247 e. The van der Waals surface area contributed by atoms with E-state index < -0.39 is 0 Å². The van der Waals surface area contributed by atoms with Crippen molar-refractivity contribution in [3.8, 4) is 0 Å². The molecule has 0 aliphatic carbocycles. The number of imidazole rings is 1. The summed E-state index contributed by atoms with van der Waals surface area (Å²) in [5.74, 6) is 0.792. The van der Waals surface area contributed by atoms with E-state index in [-0.39, 0.29) is 24.2 Å². The normalized spacial score (nSPS) is 20.9. The van der Waals surface area contributed by atoms with Gasteiger partial charge in [0.2, 0.25) is 5.91 Å². The third-order valence-corrected chi connectivity index (χ3v) is 5.04. The Morgan fingerprint density at radius 2 is 1.89 bits per heavy atom. The average molecular weight is 379 g/mol. The van der Waals surface area contributed by atoms with E-state index in [0.717, 1.165) is 29.9 Å². The van der Waals surface area contributed by atoms with Gasteiger partial charge in [0.15, 0.2) is 0 Å². The molecule has 0 bridgehead atoms. The zero-order valence-electron chi connectivity index (χ0n) is 16.4. The highest BCUT2D eigenvalue weighted by molar-refractivity contribution is 5.94. The lowest BCUT2D eigenvalue weighted by molar-refractivity contribution is -0.118. The van der Waals surface area contributed by atoms with Crippen LogP contribution in [0.4, 0.5) is 11.5 Å². The number of benzene rings is 1. The van der Waals surface area contributed by atoms with Crippen LogP contribution >= 0.6 is 0 Å². The highest BCUT2D eigenvalue weighted by Gasteiger charge is 2.23. The molecule has 2 aromatic heterocycles. The molecule has 7 nitrogen and oxygen atoms in total. The highest BCUT2D eigenvalue weighted by atomic mass is 16.5. The van der Waals surface area contributed by atoms with Crippen LogP contribution in [0.1, 0.15) is 26.8 Å². The van der Waals surface area contributed by atoms with Crippen LogP contribution in [0.25, 0.3) is 11.0 Å². The number of para-hydroxylation sites is 2. The lowest BCUT2D eigenvalue weighted by Gasteiger charge is -2.36. The zero-order valence-corrected chi connectivity index (χ0v) is 16.4. The van der Waals surface area contributed by atoms with Crippen LogP contribution in [0.15, 0.2) is 48.9 Å². The number of nitrogens with one attached hydrogen (secondary N) is 1. The summed E-state index contributed by atoms with van der Waals surface area (Å²) in [5.41, 5.74) is 2.50. The van der Waals surface area contributed by atoms with Crippen LogP contribution in [-0.2, 0) is 9.53 Å². The molecule has 3 atom stereocenters. The first-order valence-corrected chi connectivity index (χ1v) is 9.60. The summed E-state index contributed by atoms with van der Waals surface area (Å²) in [6.07, 6.45) is 3.76. The van der Waals surface area contributed by atoms with Crippen molar-refractivity contribution in [3.63, 3.8) is 0 Å². The Bertz CT molecular complexity index is 958. The summed E-state index contributed by atoms with van der Waals surface area (Å²) in [5, 5.41) is 2.95. The van der Waals surface area contributed by atoms with E-state index in [1.165, 1.54) is 0 Å². The fraction of sp³-hybridized carbons (Fsp3) is 0.381. The molecule has 3 aromatic rings. The van der Waals surface area contributed by atoms with Gasteiger partial charge in [-0.2, -0.15) is 0 Å². The predicted molar refractivity (Wildman–Crippen MR) is 110 cm³/mol. The van der Waals surface area contributed by atoms with Crippen molar-refractivity contribution in [2.45, 2.75) is 39.0 Å². The monoisotopic (exact) mass is 379 g/mol. The minimum Gasteiger partial charge on any atom is -0.372 e. The van der Waals surface area contributed by atoms with Crippen molar-refractivity contribution in [3.05, 3.63) is 48.9 Å². The van der Waals surface area contributed by atoms with Crippen molar-refractivity contribution >= 4 is 28.4 Å². The number of hydrogen-bond donors (Lipinski definition) is 1. The summed E-state index contributed by atoms with van der Waals surface area (Å²) in [7, 11) is 0. The predicted octanol–water partition coefficient (Wildman–Crippen LogP) is 3.24. The second kappa shape index (κ2) is 7.59. The van der Waals surface area contributed by atoms with E-state index in [2.05, 4.69) is 34.0 Å². The second-order valence-electron chi connectivity index (χ2n) is 7.37. The fourth-order valence-electron chi connectivity index (χ4n) is 3.67. The number of nitrogens with zero attached hydrogens (tertiary/aromatic N) is 4. The maximum absolute atomic E-state index is 12.7. The zero-order chi connectivity index (χ0) is 19.7. The molecule has 1 N–H and O–H groups in total. The van der Waals surface area contributed by atoms with Gasteiger partial charge in [0.1, 0.15) is 11.9 Å². The number of hydrogen-bond acceptors (Lipinski definition) is 5. The molecule has 3 heterocycles. The van der Waals surface area contributed by atoms with Gasteiger partial charge in [-0.15, -0.1) is 0 Å². The molecule has 146 valence electrons. The summed E-state index contributed by atoms with van der Waals surface area (Å²) in [6, 6.07) is 11.2. The molecule has 0 saturated carbocycles. The Hall–Kier alpha value is -2.93. The molecule has 3 unspecified atom stereocenters. The van der Waals surface area contributed by atoms with Crippen LogP contribution in [0.2, 0.25) is 0 Å². The standard InChI is InChI=1S/C21H25N5O2/c1-14-11-25(12-15(2)28-14)20-9-8-17(10-22-20)24-21(27)16(3)26-13-23-18-6-4-5-7-19(18)26/h4-10,13-16H,11-12H2,1-3H3,(H,24,27). The largest absolute Gasteiger partial charge is 0.372 e. The molecular weight excluding hydrogens is 354 g/mol. The SMILES string of the molecule is CC1CN(c2ccc(NC(=O)C(C)n3cnc4ccccc43)cn2)CC(C)O1. The van der Waals surface area contributed by atoms with E-state index in [1.807, 2.05) is 47.9 Å². The first kappa shape index (κ1) is 18.4. The van der Waals surface area contributed by atoms with Gasteiger partial charge in [0, 0.05) is 13.1 Å². The van der Waals surface area contributed by atoms with Gasteiger partial charge in [0.05, 0.1) is 41.5 Å². The number of pyridine rings is 1. The van der Waals surface area contributed by atoms with Crippen LogP contribution in [0.3, 0.4) is 0 Å². The molecule has 7 heteroatoms. The molecule has 4 rings (SSSR count). The van der Waals surface area contributed by atoms with Gasteiger partial charge in [-0.05, 0) is 45.0 Å². The molecule has 1 amide bonds. The number of carbonyl (C=O) groups excluding carboxylic acids is 1. The van der Waals surface area contributed by atoms with Crippen LogP contribution < -0.4 is 10.2 Å². The van der Waals surface area contributed by atoms with Gasteiger partial charge in [-0.25, -0.2) is 9.97 Å². The Balaban J connectivity index is 1.44. The van der Waals surface area contributed by atoms with Crippen molar-refractivity contribution in [2.24, 2.45) is 0 Å². The first-order valence-electron chi connectivity index (χ1n) is 9.60. The third-order valence-electron chi connectivity index (χ3n) is 5.04. The molecule has 1 fully saturated rings. The van der Waals surface area contributed by atoms with Gasteiger partial charge < -0.3 is 19.5 Å². The summed E-state index contributed by atoms with van der Waals surface area (Å²) in [4.78, 5) is 23.8. The van der Waals surface area contributed by atoms with Crippen LogP contribution in [0, 0.1) is 0 Å². The number of amides is 1. The van der Waals surface area contributed by atoms with E-state index in [0.29, 0.717) is 5.69 Å². The number of aromatic nitrogens is 3. The molecule has 28 heavy (non-hydrogen) atoms. The number of rotatable bonds is 4. The highest BCUT2D eigenvalue weighted by Crippen LogP contribution is 2.21. The average Bonchev–Trinajstić information content (AvgIpc) is 3.11. The Morgan fingerprint density at radius 1 is 1.14 bits per heavy atom. The number of ether oxygens (including phenoxy) is 1. The fourth-order valence-corrected chi connectivity index (χ4v) is 3.67. The first-order chi connectivity index (χ1) is 13.5. The summed E-state index contributed by atoms with van der Waals surface area (Å²) >= 11 is 0. The Labute approximate surface area is 164 Å². The maximum atomic E-state index is 12.7. The summed E-state index contributed by atoms with van der Waals surface area (Å²) in [6.45, 7) is 7.63. The molecule has 1 aromatic carbocycles. The van der Waals surface area contributed by atoms with Gasteiger partial charge in [0.25, 0.3) is 0 Å². The second-order valence-corrected chi connectivity index (χ2v) is 7.37. The van der Waals surface area contributed by atoms with E-state index >= 15 is 0 Å². The van der Waals surface area contributed by atoms with Crippen LogP contribution in [0.5, 0.6) is 0 Å². The number of anilines is 2. The minimum atomic E-state index is -0.381. The molecule has 1 aliphatic rings. The molecule has 1 saturated heterocycles. The van der Waals surface area contributed by atoms with Gasteiger partial charge >= 0.3 is 0 Å². The number of carbonyl (C=O) groups is 1. The van der Waals surface area contributed by atoms with Crippen molar-refractivity contribution in [2.75, 3.05) is 23.3 Å². The van der Waals surface area contributed by atoms with Crippen molar-refractivity contribution in [1.29, 1.82) is 0 Å². The molecule has 0 spiro atoms. The molecular formula is C21H25N5O2. The van der Waals surface area contributed by atoms with Crippen LogP contribution in [-0.4, -0.2) is 45.7 Å². The topological polar surface area (TPSA) is 72.3 Å². The Morgan fingerprint density at radius 3 is 2.61 bits per heavy atom. The third kappa shape index (κ3) is 3.71. The molecule has 0 radical (unpaired) electrons. The van der Waals surface area contributed by atoms with Gasteiger partial charge in [-0.1, -0.05) is 12.1 Å². The van der Waals surface area contributed by atoms with Crippen molar-refractivity contribution < 1.29 is 9.53 Å². The lowest BCUT2D eigenvalue weighted by atomic mass is 10.2. The lowest BCUT2D eigenvalue weighted by Crippen LogP contribution is -2.45. The molecule has 1 aliphatic heterocycles. The smallest absolute Gasteiger partial charge is 0.247 e. The van der Waals surface area contributed by atoms with Crippen molar-refractivity contribution in [1.82, 2.24) is 14.5 Å². The minimum absolute atomic E-state index is 0.105. The van der Waals surface area contributed by atoms with E-state index in [9.17, 15) is 4.79 Å². The quantitative estimate of drug-likeness (QED) is 0.753. The number of fused-ring (bicyclic) bond motifs is 1. The Kier molecular flexibility index (Phi) is 5.00. The summed E-state index contributed by atoms with van der Waals surface area (Å²) < 4.78 is 7.65. The number of morpholine rings is 1. The van der Waals surface area contributed by atoms with E-state index in [4.69, 9.17) is 4.74 Å². The van der Waals surface area contributed by atoms with Gasteiger partial charge in [-0.3, -0.25) is 4.79 Å². The van der Waals surface area contributed by atoms with E-state index in [1.54, 1.807) is 12.5 Å².